The number of nitrogens with one attached hydrogen (secondary N) is 1. The molecule has 1 amide bonds. The van der Waals surface area contributed by atoms with Crippen LogP contribution in [-0.2, 0) is 21.5 Å². The quantitative estimate of drug-likeness (QED) is 0.377. The number of amides is 1. The molecule has 2 N–H and O–H groups in total. The molecule has 4 aliphatic rings. The van der Waals surface area contributed by atoms with E-state index in [9.17, 15) is 14.1 Å². The van der Waals surface area contributed by atoms with Gasteiger partial charge in [-0.3, -0.25) is 9.52 Å². The van der Waals surface area contributed by atoms with Crippen molar-refractivity contribution in [3.05, 3.63) is 58.1 Å². The molecule has 0 saturated heterocycles. The van der Waals surface area contributed by atoms with E-state index < -0.39 is 9.71 Å². The first kappa shape index (κ1) is 28.9. The van der Waals surface area contributed by atoms with Crippen molar-refractivity contribution in [1.82, 2.24) is 4.72 Å². The lowest BCUT2D eigenvalue weighted by atomic mass is 9.67. The number of nitrogens with zero attached hydrogens (tertiary/aromatic N) is 1. The predicted molar refractivity (Wildman–Crippen MR) is 168 cm³/mol. The van der Waals surface area contributed by atoms with E-state index in [0.717, 1.165) is 74.5 Å². The third kappa shape index (κ3) is 5.62. The van der Waals surface area contributed by atoms with Gasteiger partial charge in [0.2, 0.25) is 0 Å². The zero-order valence-electron chi connectivity index (χ0n) is 24.2. The van der Waals surface area contributed by atoms with Crippen molar-refractivity contribution in [2.45, 2.75) is 82.0 Å². The van der Waals surface area contributed by atoms with Gasteiger partial charge in [0, 0.05) is 34.3 Å². The normalized spacial score (nSPS) is 35.8. The first-order valence-corrected chi connectivity index (χ1v) is 17.4. The van der Waals surface area contributed by atoms with Gasteiger partial charge in [-0.05, 0) is 123 Å². The molecule has 1 fully saturated rings. The van der Waals surface area contributed by atoms with Crippen LogP contribution in [0.15, 0.2) is 36.4 Å². The summed E-state index contributed by atoms with van der Waals surface area (Å²) < 4.78 is 22.8. The van der Waals surface area contributed by atoms with Crippen molar-refractivity contribution in [1.29, 1.82) is 0 Å². The van der Waals surface area contributed by atoms with Gasteiger partial charge in [-0.25, -0.2) is 4.21 Å². The van der Waals surface area contributed by atoms with Gasteiger partial charge in [0.15, 0.2) is 0 Å². The van der Waals surface area contributed by atoms with Crippen LogP contribution in [0, 0.1) is 17.8 Å². The molecular formula is C33H43ClN2O4S. The largest absolute Gasteiger partial charge is 0.490 e. The highest BCUT2D eigenvalue weighted by Crippen LogP contribution is 2.47. The number of benzene rings is 2. The van der Waals surface area contributed by atoms with Crippen LogP contribution in [-0.4, -0.2) is 52.1 Å². The number of hydrogen-bond acceptors (Lipinski definition) is 5. The Morgan fingerprint density at radius 3 is 2.76 bits per heavy atom. The summed E-state index contributed by atoms with van der Waals surface area (Å²) in [5, 5.41) is 11.8. The zero-order chi connectivity index (χ0) is 28.9. The van der Waals surface area contributed by atoms with Gasteiger partial charge < -0.3 is 14.7 Å². The molecule has 1 spiro atoms. The Balaban J connectivity index is 1.41. The Labute approximate surface area is 249 Å². The smallest absolute Gasteiger partial charge is 0.262 e. The summed E-state index contributed by atoms with van der Waals surface area (Å²) in [7, 11) is -2.85. The minimum atomic E-state index is -2.85. The lowest BCUT2D eigenvalue weighted by molar-refractivity contribution is 0.00130. The number of anilines is 1. The van der Waals surface area contributed by atoms with Gasteiger partial charge >= 0.3 is 0 Å². The maximum atomic E-state index is 13.5. The fourth-order valence-electron chi connectivity index (χ4n) is 7.60. The van der Waals surface area contributed by atoms with Crippen LogP contribution in [0.1, 0.15) is 80.3 Å². The second kappa shape index (κ2) is 11.1. The van der Waals surface area contributed by atoms with Gasteiger partial charge in [-0.15, -0.1) is 0 Å². The third-order valence-electron chi connectivity index (χ3n) is 10.4. The van der Waals surface area contributed by atoms with Crippen molar-refractivity contribution in [2.75, 3.05) is 24.6 Å². The highest BCUT2D eigenvalue weighted by Gasteiger charge is 2.44. The molecule has 7 atom stereocenters. The van der Waals surface area contributed by atoms with Crippen molar-refractivity contribution in [3.63, 3.8) is 0 Å². The topological polar surface area (TPSA) is 78.9 Å². The molecule has 41 heavy (non-hydrogen) atoms. The highest BCUT2D eigenvalue weighted by atomic mass is 35.5. The maximum Gasteiger partial charge on any atom is 0.262 e. The molecule has 222 valence electrons. The van der Waals surface area contributed by atoms with E-state index in [0.29, 0.717) is 30.4 Å². The van der Waals surface area contributed by atoms with E-state index in [1.165, 1.54) is 11.1 Å². The SMILES string of the molecule is C=S1(=O)NC(=O)c2ccc3c(c2)N(C[C@@H]2CC[C@H]2[C@H](O)C[C@@H](C)CC[C@@H]1C)C[C@@]1(CCCc2cc(Cl)ccc21)CO3. The van der Waals surface area contributed by atoms with Crippen LogP contribution >= 0.6 is 11.6 Å². The van der Waals surface area contributed by atoms with E-state index in [1.807, 2.05) is 25.1 Å². The molecule has 0 radical (unpaired) electrons. The Hall–Kier alpha value is -2.22. The zero-order valence-corrected chi connectivity index (χ0v) is 25.8. The minimum Gasteiger partial charge on any atom is -0.490 e. The molecule has 2 aromatic rings. The highest BCUT2D eigenvalue weighted by molar-refractivity contribution is 7.99. The Bertz CT molecular complexity index is 1430. The fourth-order valence-corrected chi connectivity index (χ4v) is 8.94. The third-order valence-corrected chi connectivity index (χ3v) is 12.7. The van der Waals surface area contributed by atoms with E-state index in [-0.39, 0.29) is 28.6 Å². The van der Waals surface area contributed by atoms with E-state index in [1.54, 1.807) is 6.07 Å². The van der Waals surface area contributed by atoms with Crippen molar-refractivity contribution in [2.24, 2.45) is 17.8 Å². The number of halogens is 1. The summed E-state index contributed by atoms with van der Waals surface area (Å²) in [6.45, 7) is 6.17. The first-order chi connectivity index (χ1) is 19.5. The average Bonchev–Trinajstić information content (AvgIpc) is 3.05. The number of aryl methyl sites for hydroxylation is 1. The number of hydrogen-bond donors (Lipinski definition) is 2. The number of carbonyl (C=O) groups is 1. The molecule has 2 aliphatic heterocycles. The van der Waals surface area contributed by atoms with Crippen molar-refractivity contribution in [3.8, 4) is 5.75 Å². The molecule has 2 aliphatic carbocycles. The first-order valence-electron chi connectivity index (χ1n) is 15.2. The number of aliphatic hydroxyl groups is 1. The molecule has 2 heterocycles. The predicted octanol–water partition coefficient (Wildman–Crippen LogP) is 5.77. The standard InChI is InChI=1S/C33H43ClN2O4S/c1-21-6-7-22(2)41(3,39)35-32(38)24-9-13-31-29(17-24)36(18-25-8-11-27(25)30(37)15-21)19-33(20-40-31)14-4-5-23-16-26(34)10-12-28(23)33/h9-10,12-13,16-17,21-22,25,27,30,37H,3-8,11,14-15,18-20H2,1-2H3,(H,35,38,39)/t21-,22-,25-,27+,30+,33-,41?/m0/s1. The van der Waals surface area contributed by atoms with E-state index in [2.05, 4.69) is 34.5 Å². The fraction of sp³-hybridized carbons (Fsp3) is 0.576. The van der Waals surface area contributed by atoms with E-state index >= 15 is 0 Å². The number of rotatable bonds is 0. The summed E-state index contributed by atoms with van der Waals surface area (Å²) >= 11 is 6.40. The van der Waals surface area contributed by atoms with Crippen LogP contribution < -0.4 is 14.4 Å². The van der Waals surface area contributed by atoms with Crippen molar-refractivity contribution < 1.29 is 18.8 Å². The van der Waals surface area contributed by atoms with Crippen molar-refractivity contribution >= 4 is 38.8 Å². The molecule has 1 unspecified atom stereocenters. The van der Waals surface area contributed by atoms with Crippen LogP contribution in [0.3, 0.4) is 0 Å². The van der Waals surface area contributed by atoms with E-state index in [4.69, 9.17) is 16.3 Å². The molecule has 8 heteroatoms. The van der Waals surface area contributed by atoms with Gasteiger partial charge in [0.1, 0.15) is 5.75 Å². The summed E-state index contributed by atoms with van der Waals surface area (Å²) in [4.78, 5) is 15.8. The van der Waals surface area contributed by atoms with Gasteiger partial charge in [0.25, 0.3) is 5.91 Å². The summed E-state index contributed by atoms with van der Waals surface area (Å²) in [6.07, 6.45) is 7.11. The summed E-state index contributed by atoms with van der Waals surface area (Å²) in [6, 6.07) is 11.8. The molecule has 6 rings (SSSR count). The van der Waals surface area contributed by atoms with Crippen LogP contribution in [0.4, 0.5) is 5.69 Å². The second-order valence-electron chi connectivity index (χ2n) is 13.2. The number of aliphatic hydroxyl groups excluding tert-OH is 1. The monoisotopic (exact) mass is 598 g/mol. The van der Waals surface area contributed by atoms with Gasteiger partial charge in [-0.2, -0.15) is 0 Å². The summed E-state index contributed by atoms with van der Waals surface area (Å²) in [5.41, 5.74) is 3.73. The van der Waals surface area contributed by atoms with Crippen LogP contribution in [0.2, 0.25) is 5.02 Å². The lowest BCUT2D eigenvalue weighted by Gasteiger charge is -2.46. The number of fused-ring (bicyclic) bond motifs is 4. The Morgan fingerprint density at radius 2 is 1.98 bits per heavy atom. The molecular weight excluding hydrogens is 556 g/mol. The summed E-state index contributed by atoms with van der Waals surface area (Å²) in [5.74, 6) is 5.25. The molecule has 2 aromatic carbocycles. The average molecular weight is 599 g/mol. The Kier molecular flexibility index (Phi) is 7.84. The minimum absolute atomic E-state index is 0.204. The van der Waals surface area contributed by atoms with Crippen LogP contribution in [0.5, 0.6) is 5.75 Å². The molecule has 0 aromatic heterocycles. The molecule has 6 nitrogen and oxygen atoms in total. The number of carbonyl (C=O) groups excluding carboxylic acids is 1. The second-order valence-corrected chi connectivity index (χ2v) is 16.1. The van der Waals surface area contributed by atoms with Crippen LogP contribution in [0.25, 0.3) is 0 Å². The molecule has 1 saturated carbocycles. The van der Waals surface area contributed by atoms with Gasteiger partial charge in [0.05, 0.1) is 28.1 Å². The molecule has 2 bridgehead atoms. The Morgan fingerprint density at radius 1 is 1.15 bits per heavy atom. The number of ether oxygens (including phenoxy) is 1. The lowest BCUT2D eigenvalue weighted by Crippen LogP contribution is -2.49. The van der Waals surface area contributed by atoms with Gasteiger partial charge in [-0.1, -0.05) is 24.6 Å². The maximum absolute atomic E-state index is 13.5.